The van der Waals surface area contributed by atoms with Crippen molar-refractivity contribution in [1.82, 2.24) is 9.80 Å². The zero-order chi connectivity index (χ0) is 20.6. The van der Waals surface area contributed by atoms with Crippen LogP contribution >= 0.6 is 0 Å². The Balaban J connectivity index is 1.36. The van der Waals surface area contributed by atoms with Crippen LogP contribution < -0.4 is 5.32 Å². The molecule has 0 radical (unpaired) electrons. The van der Waals surface area contributed by atoms with Gasteiger partial charge in [0, 0.05) is 31.2 Å². The van der Waals surface area contributed by atoms with Crippen LogP contribution in [0.25, 0.3) is 0 Å². The smallest absolute Gasteiger partial charge is 0.410 e. The molecule has 1 aromatic rings. The van der Waals surface area contributed by atoms with Crippen LogP contribution in [0.2, 0.25) is 0 Å². The van der Waals surface area contributed by atoms with E-state index in [-0.39, 0.29) is 48.4 Å². The van der Waals surface area contributed by atoms with Crippen molar-refractivity contribution in [2.45, 2.75) is 25.4 Å². The predicted octanol–water partition coefficient (Wildman–Crippen LogP) is 0.613. The van der Waals surface area contributed by atoms with Crippen molar-refractivity contribution >= 4 is 33.4 Å². The highest BCUT2D eigenvalue weighted by molar-refractivity contribution is 7.91. The highest BCUT2D eigenvalue weighted by Crippen LogP contribution is 2.27. The zero-order valence-corrected chi connectivity index (χ0v) is 16.7. The Morgan fingerprint density at radius 1 is 1.28 bits per heavy atom. The maximum Gasteiger partial charge on any atom is 0.410 e. The van der Waals surface area contributed by atoms with Crippen molar-refractivity contribution < 1.29 is 27.5 Å². The molecule has 3 amide bonds. The Hall–Kier alpha value is -2.62. The number of hydrogen-bond donors (Lipinski definition) is 1. The van der Waals surface area contributed by atoms with Gasteiger partial charge in [0.15, 0.2) is 9.84 Å². The van der Waals surface area contributed by atoms with Crippen LogP contribution in [0.3, 0.4) is 0 Å². The summed E-state index contributed by atoms with van der Waals surface area (Å²) in [5.74, 6) is -0.875. The van der Waals surface area contributed by atoms with Crippen LogP contribution in [0.5, 0.6) is 0 Å². The van der Waals surface area contributed by atoms with Gasteiger partial charge < -0.3 is 19.9 Å². The molecule has 0 unspecified atom stereocenters. The number of likely N-dealkylation sites (tertiary alicyclic amines) is 1. The van der Waals surface area contributed by atoms with E-state index in [0.29, 0.717) is 31.8 Å². The van der Waals surface area contributed by atoms with Gasteiger partial charge in [0.1, 0.15) is 6.61 Å². The Labute approximate surface area is 168 Å². The molecule has 10 heteroatoms. The first-order valence-electron chi connectivity index (χ1n) is 9.62. The van der Waals surface area contributed by atoms with Gasteiger partial charge in [-0.1, -0.05) is 12.1 Å². The summed E-state index contributed by atoms with van der Waals surface area (Å²) in [6.07, 6.45) is 0.170. The molecule has 2 atom stereocenters. The third-order valence-corrected chi connectivity index (χ3v) is 7.34. The van der Waals surface area contributed by atoms with E-state index >= 15 is 0 Å². The molecular formula is C19H23N3O6S. The van der Waals surface area contributed by atoms with Gasteiger partial charge in [-0.25, -0.2) is 13.2 Å². The van der Waals surface area contributed by atoms with Crippen LogP contribution in [-0.4, -0.2) is 73.4 Å². The van der Waals surface area contributed by atoms with E-state index in [0.717, 1.165) is 5.56 Å². The van der Waals surface area contributed by atoms with Crippen molar-refractivity contribution in [2.24, 2.45) is 5.92 Å². The van der Waals surface area contributed by atoms with Crippen molar-refractivity contribution in [1.29, 1.82) is 0 Å². The number of nitrogens with one attached hydrogen (secondary N) is 1. The van der Waals surface area contributed by atoms with E-state index in [1.807, 2.05) is 6.07 Å². The fraction of sp³-hybridized carbons (Fsp3) is 0.526. The Morgan fingerprint density at radius 2 is 2.10 bits per heavy atom. The molecule has 3 heterocycles. The number of anilines is 1. The maximum atomic E-state index is 12.7. The third kappa shape index (κ3) is 4.36. The van der Waals surface area contributed by atoms with Gasteiger partial charge in [0.05, 0.1) is 24.0 Å². The van der Waals surface area contributed by atoms with Crippen molar-refractivity contribution in [2.75, 3.05) is 36.5 Å². The predicted molar refractivity (Wildman–Crippen MR) is 104 cm³/mol. The van der Waals surface area contributed by atoms with E-state index in [9.17, 15) is 22.8 Å². The second kappa shape index (κ2) is 7.66. The minimum Gasteiger partial charge on any atom is -0.448 e. The summed E-state index contributed by atoms with van der Waals surface area (Å²) < 4.78 is 28.3. The van der Waals surface area contributed by atoms with E-state index in [4.69, 9.17) is 4.74 Å². The first-order chi connectivity index (χ1) is 13.8. The molecule has 29 heavy (non-hydrogen) atoms. The van der Waals surface area contributed by atoms with Gasteiger partial charge in [-0.3, -0.25) is 9.59 Å². The van der Waals surface area contributed by atoms with Crippen molar-refractivity contribution in [3.8, 4) is 0 Å². The molecule has 3 saturated heterocycles. The zero-order valence-electron chi connectivity index (χ0n) is 15.9. The van der Waals surface area contributed by atoms with Crippen LogP contribution in [-0.2, 0) is 30.7 Å². The lowest BCUT2D eigenvalue weighted by molar-refractivity contribution is -0.129. The van der Waals surface area contributed by atoms with Gasteiger partial charge in [0.2, 0.25) is 11.8 Å². The summed E-state index contributed by atoms with van der Waals surface area (Å²) in [5, 5.41) is 2.84. The van der Waals surface area contributed by atoms with Crippen molar-refractivity contribution in [3.63, 3.8) is 0 Å². The number of amides is 3. The maximum absolute atomic E-state index is 12.7. The summed E-state index contributed by atoms with van der Waals surface area (Å²) in [4.78, 5) is 39.7. The van der Waals surface area contributed by atoms with Gasteiger partial charge >= 0.3 is 6.09 Å². The molecule has 1 N–H and O–H groups in total. The van der Waals surface area contributed by atoms with Crippen molar-refractivity contribution in [3.05, 3.63) is 29.8 Å². The monoisotopic (exact) mass is 421 g/mol. The van der Waals surface area contributed by atoms with Crippen LogP contribution in [0.15, 0.2) is 24.3 Å². The first-order valence-corrected chi connectivity index (χ1v) is 11.4. The SMILES string of the molecule is O=C(Nc1cccc(CN2CCOC2=O)c1)[C@@H]1CC(=O)N([C@H]2CCS(=O)(=O)C2)C1. The van der Waals surface area contributed by atoms with E-state index < -0.39 is 15.8 Å². The number of sulfone groups is 1. The fourth-order valence-corrected chi connectivity index (χ4v) is 5.79. The lowest BCUT2D eigenvalue weighted by Gasteiger charge is -2.23. The lowest BCUT2D eigenvalue weighted by atomic mass is 10.1. The van der Waals surface area contributed by atoms with Gasteiger partial charge in [-0.15, -0.1) is 0 Å². The number of benzene rings is 1. The molecule has 3 aliphatic heterocycles. The quantitative estimate of drug-likeness (QED) is 0.745. The number of rotatable bonds is 5. The summed E-state index contributed by atoms with van der Waals surface area (Å²) in [5.41, 5.74) is 1.45. The Morgan fingerprint density at radius 3 is 2.79 bits per heavy atom. The molecule has 9 nitrogen and oxygen atoms in total. The highest BCUT2D eigenvalue weighted by Gasteiger charge is 2.41. The molecule has 1 aromatic carbocycles. The minimum absolute atomic E-state index is 0.0198. The summed E-state index contributed by atoms with van der Waals surface area (Å²) in [6.45, 7) is 1.55. The molecule has 0 aliphatic carbocycles. The Kier molecular flexibility index (Phi) is 5.20. The largest absolute Gasteiger partial charge is 0.448 e. The molecule has 156 valence electrons. The summed E-state index contributed by atoms with van der Waals surface area (Å²) >= 11 is 0. The summed E-state index contributed by atoms with van der Waals surface area (Å²) in [7, 11) is -3.09. The highest BCUT2D eigenvalue weighted by atomic mass is 32.2. The van der Waals surface area contributed by atoms with Crippen LogP contribution in [0.1, 0.15) is 18.4 Å². The van der Waals surface area contributed by atoms with E-state index in [1.165, 1.54) is 0 Å². The standard InChI is InChI=1S/C19H23N3O6S/c23-17-9-14(11-22(17)16-4-7-29(26,27)12-16)18(24)20-15-3-1-2-13(8-15)10-21-5-6-28-19(21)25/h1-3,8,14,16H,4-7,9-12H2,(H,20,24)/t14-,16+/m1/s1. The minimum atomic E-state index is -3.09. The number of nitrogens with zero attached hydrogens (tertiary/aromatic N) is 2. The lowest BCUT2D eigenvalue weighted by Crippen LogP contribution is -2.38. The number of ether oxygens (including phenoxy) is 1. The average molecular weight is 421 g/mol. The van der Waals surface area contributed by atoms with Gasteiger partial charge in [0.25, 0.3) is 0 Å². The average Bonchev–Trinajstić information content (AvgIpc) is 3.34. The number of carbonyl (C=O) groups excluding carboxylic acids is 3. The Bertz CT molecular complexity index is 947. The second-order valence-electron chi connectivity index (χ2n) is 7.73. The molecule has 4 rings (SSSR count). The molecule has 3 fully saturated rings. The summed E-state index contributed by atoms with van der Waals surface area (Å²) in [6, 6.07) is 6.88. The topological polar surface area (TPSA) is 113 Å². The number of hydrogen-bond acceptors (Lipinski definition) is 6. The molecule has 0 bridgehead atoms. The van der Waals surface area contributed by atoms with Gasteiger partial charge in [-0.2, -0.15) is 0 Å². The molecule has 0 spiro atoms. The van der Waals surface area contributed by atoms with E-state index in [1.54, 1.807) is 28.0 Å². The number of cyclic esters (lactones) is 1. The normalized spacial score (nSPS) is 26.1. The molecule has 3 aliphatic rings. The molecule has 0 aromatic heterocycles. The van der Waals surface area contributed by atoms with Crippen LogP contribution in [0, 0.1) is 5.92 Å². The van der Waals surface area contributed by atoms with Gasteiger partial charge in [-0.05, 0) is 24.1 Å². The first kappa shape index (κ1) is 19.7. The van der Waals surface area contributed by atoms with Crippen LogP contribution in [0.4, 0.5) is 10.5 Å². The number of carbonyl (C=O) groups is 3. The molecular weight excluding hydrogens is 398 g/mol. The second-order valence-corrected chi connectivity index (χ2v) is 9.96. The molecule has 0 saturated carbocycles. The van der Waals surface area contributed by atoms with E-state index in [2.05, 4.69) is 5.32 Å². The fourth-order valence-electron chi connectivity index (χ4n) is 4.06. The third-order valence-electron chi connectivity index (χ3n) is 5.59.